The van der Waals surface area contributed by atoms with Crippen LogP contribution in [0.1, 0.15) is 33.5 Å². The lowest BCUT2D eigenvalue weighted by Crippen LogP contribution is -2.42. The van der Waals surface area contributed by atoms with Gasteiger partial charge in [-0.3, -0.25) is 14.9 Å². The van der Waals surface area contributed by atoms with Gasteiger partial charge in [0.2, 0.25) is 0 Å². The molecule has 7 nitrogen and oxygen atoms in total. The van der Waals surface area contributed by atoms with Crippen LogP contribution in [0.5, 0.6) is 0 Å². The van der Waals surface area contributed by atoms with Crippen molar-refractivity contribution in [3.8, 4) is 0 Å². The minimum Gasteiger partial charge on any atom is -0.374 e. The second kappa shape index (κ2) is 8.97. The van der Waals surface area contributed by atoms with Gasteiger partial charge in [0.05, 0.1) is 12.8 Å². The van der Waals surface area contributed by atoms with E-state index in [-0.39, 0.29) is 26.9 Å². The molecule has 0 bridgehead atoms. The minimum atomic E-state index is -4.82. The van der Waals surface area contributed by atoms with E-state index in [0.29, 0.717) is 11.1 Å². The number of carbonyl (C=O) groups is 2. The molecule has 2 aromatic rings. The highest BCUT2D eigenvalue weighted by molar-refractivity contribution is 6.34. The minimum absolute atomic E-state index is 0.0191. The molecule has 0 aromatic heterocycles. The van der Waals surface area contributed by atoms with Crippen LogP contribution in [0.4, 0.5) is 18.0 Å². The summed E-state index contributed by atoms with van der Waals surface area (Å²) in [5.74, 6) is -0.716. The number of carbonyl (C=O) groups excluding carboxylic acids is 2. The van der Waals surface area contributed by atoms with Crippen LogP contribution < -0.4 is 10.8 Å². The number of hydroxylamine groups is 1. The van der Waals surface area contributed by atoms with Crippen LogP contribution in [0.15, 0.2) is 41.6 Å². The molecule has 3 amide bonds. The van der Waals surface area contributed by atoms with Gasteiger partial charge in [-0.15, -0.1) is 0 Å². The number of nitrogens with one attached hydrogen (secondary N) is 2. The number of imide groups is 1. The Kier molecular flexibility index (Phi) is 6.68. The van der Waals surface area contributed by atoms with E-state index in [9.17, 15) is 22.8 Å². The Morgan fingerprint density at radius 1 is 1.16 bits per heavy atom. The van der Waals surface area contributed by atoms with E-state index in [1.165, 1.54) is 31.4 Å². The largest absolute Gasteiger partial charge is 0.435 e. The third-order valence-corrected chi connectivity index (χ3v) is 5.18. The molecule has 1 atom stereocenters. The average Bonchev–Trinajstić information content (AvgIpc) is 3.14. The Balaban J connectivity index is 1.89. The van der Waals surface area contributed by atoms with Crippen molar-refractivity contribution in [2.24, 2.45) is 5.16 Å². The molecule has 2 aromatic carbocycles. The number of benzene rings is 2. The first-order valence-electron chi connectivity index (χ1n) is 9.00. The van der Waals surface area contributed by atoms with E-state index in [0.717, 1.165) is 12.1 Å². The highest BCUT2D eigenvalue weighted by Crippen LogP contribution is 2.49. The van der Waals surface area contributed by atoms with Gasteiger partial charge < -0.3 is 4.84 Å². The summed E-state index contributed by atoms with van der Waals surface area (Å²) in [4.78, 5) is 33.0. The van der Waals surface area contributed by atoms with Gasteiger partial charge in [0.1, 0.15) is 0 Å². The van der Waals surface area contributed by atoms with Gasteiger partial charge >= 0.3 is 12.2 Å². The van der Waals surface area contributed by atoms with E-state index < -0.39 is 30.1 Å². The number of urea groups is 1. The monoisotopic (exact) mass is 489 g/mol. The van der Waals surface area contributed by atoms with E-state index in [1.54, 1.807) is 6.92 Å². The molecule has 0 aliphatic carbocycles. The standard InChI is InChI=1S/C20H16Cl2F3N3O4/c1-10-5-11(3-4-15(10)17(29)26-18(30)28-31-2)16-9-19(32-27-16,20(23,24)25)12-6-13(21)8-14(22)7-12/h3-8H,9H2,1-2H3,(H2,26,28,29,30). The van der Waals surface area contributed by atoms with Crippen LogP contribution in [-0.4, -0.2) is 30.9 Å². The Morgan fingerprint density at radius 3 is 2.38 bits per heavy atom. The SMILES string of the molecule is CONC(=O)NC(=O)c1ccc(C2=NOC(c3cc(Cl)cc(Cl)c3)(C(F)(F)F)C2)cc1C. The van der Waals surface area contributed by atoms with Gasteiger partial charge in [-0.1, -0.05) is 34.4 Å². The molecule has 0 saturated heterocycles. The highest BCUT2D eigenvalue weighted by atomic mass is 35.5. The normalized spacial score (nSPS) is 18.0. The molecule has 0 fully saturated rings. The van der Waals surface area contributed by atoms with Crippen LogP contribution in [-0.2, 0) is 15.3 Å². The number of alkyl halides is 3. The first-order valence-corrected chi connectivity index (χ1v) is 9.76. The van der Waals surface area contributed by atoms with E-state index in [4.69, 9.17) is 28.0 Å². The number of hydrogen-bond donors (Lipinski definition) is 2. The molecule has 1 heterocycles. The quantitative estimate of drug-likeness (QED) is 0.598. The molecule has 1 aliphatic heterocycles. The summed E-state index contributed by atoms with van der Waals surface area (Å²) >= 11 is 11.8. The van der Waals surface area contributed by atoms with E-state index in [2.05, 4.69) is 9.99 Å². The fourth-order valence-corrected chi connectivity index (χ4v) is 3.76. The second-order valence-electron chi connectivity index (χ2n) is 6.91. The fourth-order valence-electron chi connectivity index (χ4n) is 3.23. The lowest BCUT2D eigenvalue weighted by atomic mass is 9.86. The predicted octanol–water partition coefficient (Wildman–Crippen LogP) is 4.88. The van der Waals surface area contributed by atoms with Gasteiger partial charge in [-0.25, -0.2) is 10.3 Å². The van der Waals surface area contributed by atoms with Gasteiger partial charge in [-0.05, 0) is 48.4 Å². The summed E-state index contributed by atoms with van der Waals surface area (Å²) in [6, 6.07) is 6.95. The van der Waals surface area contributed by atoms with Crippen molar-refractivity contribution in [1.29, 1.82) is 0 Å². The number of halogens is 5. The third kappa shape index (κ3) is 4.67. The lowest BCUT2D eigenvalue weighted by molar-refractivity contribution is -0.275. The molecule has 0 spiro atoms. The lowest BCUT2D eigenvalue weighted by Gasteiger charge is -2.29. The van der Waals surface area contributed by atoms with Crippen LogP contribution in [0.25, 0.3) is 0 Å². The summed E-state index contributed by atoms with van der Waals surface area (Å²) in [5.41, 5.74) is -0.222. The van der Waals surface area contributed by atoms with E-state index >= 15 is 0 Å². The number of hydrogen-bond acceptors (Lipinski definition) is 5. The van der Waals surface area contributed by atoms with Crippen LogP contribution >= 0.6 is 23.2 Å². The topological polar surface area (TPSA) is 89.0 Å². The molecule has 2 N–H and O–H groups in total. The van der Waals surface area contributed by atoms with Crippen molar-refractivity contribution < 1.29 is 32.4 Å². The molecule has 12 heteroatoms. The zero-order chi connectivity index (χ0) is 23.7. The predicted molar refractivity (Wildman–Crippen MR) is 111 cm³/mol. The molecule has 170 valence electrons. The molecule has 1 aliphatic rings. The highest BCUT2D eigenvalue weighted by Gasteiger charge is 2.62. The number of rotatable bonds is 4. The number of oxime groups is 1. The number of aryl methyl sites for hydroxylation is 1. The summed E-state index contributed by atoms with van der Waals surface area (Å²) in [7, 11) is 1.20. The molecule has 0 saturated carbocycles. The van der Waals surface area contributed by atoms with Crippen molar-refractivity contribution in [1.82, 2.24) is 10.8 Å². The molecule has 1 unspecified atom stereocenters. The van der Waals surface area contributed by atoms with Gasteiger partial charge in [0.15, 0.2) is 0 Å². The maximum atomic E-state index is 14.1. The van der Waals surface area contributed by atoms with Crippen LogP contribution in [0, 0.1) is 6.92 Å². The van der Waals surface area contributed by atoms with Crippen molar-refractivity contribution >= 4 is 40.9 Å². The maximum absolute atomic E-state index is 14.1. The van der Waals surface area contributed by atoms with Crippen LogP contribution in [0.2, 0.25) is 10.0 Å². The van der Waals surface area contributed by atoms with Crippen LogP contribution in [0.3, 0.4) is 0 Å². The van der Waals surface area contributed by atoms with Crippen molar-refractivity contribution in [3.05, 3.63) is 68.7 Å². The van der Waals surface area contributed by atoms with E-state index in [1.807, 2.05) is 10.8 Å². The first kappa shape index (κ1) is 23.8. The molecule has 32 heavy (non-hydrogen) atoms. The molecule has 0 radical (unpaired) electrons. The zero-order valence-electron chi connectivity index (χ0n) is 16.6. The average molecular weight is 490 g/mol. The Morgan fingerprint density at radius 2 is 1.81 bits per heavy atom. The van der Waals surface area contributed by atoms with Crippen molar-refractivity contribution in [2.45, 2.75) is 25.1 Å². The summed E-state index contributed by atoms with van der Waals surface area (Å²) in [5, 5.41) is 5.78. The Labute approximate surface area is 190 Å². The zero-order valence-corrected chi connectivity index (χ0v) is 18.2. The summed E-state index contributed by atoms with van der Waals surface area (Å²) < 4.78 is 42.3. The smallest absolute Gasteiger partial charge is 0.374 e. The van der Waals surface area contributed by atoms with Crippen molar-refractivity contribution in [2.75, 3.05) is 7.11 Å². The first-order chi connectivity index (χ1) is 15.0. The molecular formula is C20H16Cl2F3N3O4. The Hall–Kier alpha value is -2.82. The fraction of sp³-hybridized carbons (Fsp3) is 0.250. The van der Waals surface area contributed by atoms with Crippen molar-refractivity contribution in [3.63, 3.8) is 0 Å². The maximum Gasteiger partial charge on any atom is 0.435 e. The Bertz CT molecular complexity index is 1090. The second-order valence-corrected chi connectivity index (χ2v) is 7.78. The molecule has 3 rings (SSSR count). The third-order valence-electron chi connectivity index (χ3n) is 4.74. The molecular weight excluding hydrogens is 474 g/mol. The van der Waals surface area contributed by atoms with Gasteiger partial charge in [-0.2, -0.15) is 13.2 Å². The number of amides is 3. The van der Waals surface area contributed by atoms with Gasteiger partial charge in [0, 0.05) is 27.6 Å². The van der Waals surface area contributed by atoms with Gasteiger partial charge in [0.25, 0.3) is 11.5 Å². The summed E-state index contributed by atoms with van der Waals surface area (Å²) in [6.45, 7) is 1.57. The summed E-state index contributed by atoms with van der Waals surface area (Å²) in [6.07, 6.45) is -5.45. The number of nitrogens with zero attached hydrogens (tertiary/aromatic N) is 1.